The molecular weight excluding hydrogens is 409 g/mol. The Morgan fingerprint density at radius 3 is 1.72 bits per heavy atom. The van der Waals surface area contributed by atoms with Crippen molar-refractivity contribution in [3.63, 3.8) is 0 Å². The van der Waals surface area contributed by atoms with Crippen LogP contribution in [0.25, 0.3) is 0 Å². The number of carboxylic acids is 1. The van der Waals surface area contributed by atoms with E-state index in [1.165, 1.54) is 0 Å². The second-order valence-corrected chi connectivity index (χ2v) is 9.19. The molecule has 0 aromatic rings. The van der Waals surface area contributed by atoms with E-state index >= 15 is 0 Å². The van der Waals surface area contributed by atoms with Crippen molar-refractivity contribution >= 4 is 45.1 Å². The number of hydrogen-bond donors (Lipinski definition) is 2. The summed E-state index contributed by atoms with van der Waals surface area (Å²) < 4.78 is 36.4. The fourth-order valence-corrected chi connectivity index (χ4v) is 4.18. The standard InChI is InChI=1S/C20H38O7S.Mg.2H/c1-3-5-7-9-11-13-15-20(17-18(21)22,28(24,25)26)19(23)27-16-14-12-10-8-6-4-2;;;/h3-17H2,1-2H3,(H,21,22)(H,24,25,26);;;. The first kappa shape index (κ1) is 30.8. The van der Waals surface area contributed by atoms with E-state index in [0.717, 1.165) is 57.8 Å². The van der Waals surface area contributed by atoms with Gasteiger partial charge in [0.25, 0.3) is 10.1 Å². The number of carbonyl (C=O) groups is 2. The number of unbranched alkanes of at least 4 members (excludes halogenated alkanes) is 10. The second-order valence-electron chi connectivity index (χ2n) is 7.46. The number of hydrogen-bond acceptors (Lipinski definition) is 5. The quantitative estimate of drug-likeness (QED) is 0.141. The zero-order valence-corrected chi connectivity index (χ0v) is 18.3. The van der Waals surface area contributed by atoms with E-state index in [0.29, 0.717) is 19.3 Å². The van der Waals surface area contributed by atoms with Crippen LogP contribution in [0, 0.1) is 0 Å². The van der Waals surface area contributed by atoms with Crippen LogP contribution in [-0.2, 0) is 24.4 Å². The predicted octanol–water partition coefficient (Wildman–Crippen LogP) is 3.83. The van der Waals surface area contributed by atoms with Gasteiger partial charge in [-0.3, -0.25) is 14.1 Å². The summed E-state index contributed by atoms with van der Waals surface area (Å²) in [5.41, 5.74) is 0. The van der Waals surface area contributed by atoms with Crippen molar-refractivity contribution in [2.45, 2.75) is 108 Å². The van der Waals surface area contributed by atoms with Crippen LogP contribution < -0.4 is 0 Å². The summed E-state index contributed by atoms with van der Waals surface area (Å²) in [5, 5.41) is 9.14. The van der Waals surface area contributed by atoms with E-state index in [9.17, 15) is 22.6 Å². The summed E-state index contributed by atoms with van der Waals surface area (Å²) in [6, 6.07) is 0. The van der Waals surface area contributed by atoms with Crippen LogP contribution in [-0.4, -0.2) is 64.4 Å². The van der Waals surface area contributed by atoms with Crippen molar-refractivity contribution in [3.8, 4) is 0 Å². The van der Waals surface area contributed by atoms with E-state index in [-0.39, 0.29) is 36.1 Å². The average molecular weight is 449 g/mol. The van der Waals surface area contributed by atoms with Gasteiger partial charge in [-0.2, -0.15) is 8.42 Å². The molecule has 0 spiro atoms. The van der Waals surface area contributed by atoms with Gasteiger partial charge in [0.2, 0.25) is 4.75 Å². The highest BCUT2D eigenvalue weighted by molar-refractivity contribution is 7.88. The number of esters is 1. The number of carboxylic acid groups (broad SMARTS) is 1. The maximum Gasteiger partial charge on any atom is 0.330 e. The van der Waals surface area contributed by atoms with Crippen LogP contribution in [0.2, 0.25) is 0 Å². The van der Waals surface area contributed by atoms with Gasteiger partial charge in [-0.05, 0) is 12.8 Å². The largest absolute Gasteiger partial charge is 0.481 e. The van der Waals surface area contributed by atoms with Gasteiger partial charge < -0.3 is 9.84 Å². The lowest BCUT2D eigenvalue weighted by Crippen LogP contribution is -2.49. The first-order valence-electron chi connectivity index (χ1n) is 10.6. The van der Waals surface area contributed by atoms with Gasteiger partial charge in [0.1, 0.15) is 0 Å². The SMILES string of the molecule is CCCCCCCCOC(=O)C(CCCCCCCC)(CC(=O)O)S(=O)(=O)O.[MgH2]. The molecule has 1 unspecified atom stereocenters. The summed E-state index contributed by atoms with van der Waals surface area (Å²) in [7, 11) is -4.93. The van der Waals surface area contributed by atoms with E-state index in [2.05, 4.69) is 13.8 Å². The smallest absolute Gasteiger partial charge is 0.330 e. The Labute approximate surface area is 192 Å². The molecule has 1 atom stereocenters. The molecule has 0 rings (SSSR count). The van der Waals surface area contributed by atoms with Crippen molar-refractivity contribution in [2.75, 3.05) is 6.61 Å². The van der Waals surface area contributed by atoms with E-state index < -0.39 is 33.2 Å². The highest BCUT2D eigenvalue weighted by Crippen LogP contribution is 2.30. The third kappa shape index (κ3) is 12.8. The third-order valence-electron chi connectivity index (χ3n) is 4.97. The minimum Gasteiger partial charge on any atom is -0.481 e. The minimum atomic E-state index is -4.93. The Morgan fingerprint density at radius 2 is 1.28 bits per heavy atom. The molecule has 0 radical (unpaired) electrons. The molecule has 0 aliphatic rings. The third-order valence-corrected chi connectivity index (χ3v) is 6.47. The molecule has 0 saturated heterocycles. The van der Waals surface area contributed by atoms with Gasteiger partial charge in [-0.1, -0.05) is 84.5 Å². The molecule has 0 aromatic heterocycles. The van der Waals surface area contributed by atoms with Crippen molar-refractivity contribution in [1.82, 2.24) is 0 Å². The fourth-order valence-electron chi connectivity index (χ4n) is 3.20. The average Bonchev–Trinajstić information content (AvgIpc) is 2.61. The zero-order valence-electron chi connectivity index (χ0n) is 17.5. The molecule has 0 amide bonds. The van der Waals surface area contributed by atoms with E-state index in [4.69, 9.17) is 9.84 Å². The van der Waals surface area contributed by atoms with E-state index in [1.807, 2.05) is 0 Å². The van der Waals surface area contributed by atoms with E-state index in [1.54, 1.807) is 0 Å². The van der Waals surface area contributed by atoms with Crippen LogP contribution in [0.3, 0.4) is 0 Å². The molecule has 9 heteroatoms. The van der Waals surface area contributed by atoms with Crippen molar-refractivity contribution < 1.29 is 32.4 Å². The molecule has 2 N–H and O–H groups in total. The molecule has 0 bridgehead atoms. The number of carbonyl (C=O) groups excluding carboxylic acids is 1. The topological polar surface area (TPSA) is 118 Å². The van der Waals surface area contributed by atoms with Crippen LogP contribution >= 0.6 is 0 Å². The Bertz CT molecular complexity index is 551. The molecule has 29 heavy (non-hydrogen) atoms. The normalized spacial score (nSPS) is 13.3. The summed E-state index contributed by atoms with van der Waals surface area (Å²) in [6.07, 6.45) is 9.56. The predicted molar refractivity (Wildman–Crippen MR) is 117 cm³/mol. The van der Waals surface area contributed by atoms with Gasteiger partial charge in [-0.25, -0.2) is 0 Å². The molecule has 0 fully saturated rings. The summed E-state index contributed by atoms with van der Waals surface area (Å²) >= 11 is 0. The maximum atomic E-state index is 12.5. The second kappa shape index (κ2) is 17.3. The number of ether oxygens (including phenoxy) is 1. The fraction of sp³-hybridized carbons (Fsp3) is 0.900. The summed E-state index contributed by atoms with van der Waals surface area (Å²) in [6.45, 7) is 4.22. The van der Waals surface area contributed by atoms with Crippen LogP contribution in [0.4, 0.5) is 0 Å². The molecule has 0 aliphatic carbocycles. The lowest BCUT2D eigenvalue weighted by molar-refractivity contribution is -0.152. The number of aliphatic carboxylic acids is 1. The maximum absolute atomic E-state index is 12.5. The minimum absolute atomic E-state index is 0. The van der Waals surface area contributed by atoms with Gasteiger partial charge in [0.15, 0.2) is 0 Å². The molecule has 0 saturated carbocycles. The van der Waals surface area contributed by atoms with Crippen molar-refractivity contribution in [3.05, 3.63) is 0 Å². The van der Waals surface area contributed by atoms with Gasteiger partial charge in [0, 0.05) is 0 Å². The highest BCUT2D eigenvalue weighted by Gasteiger charge is 2.52. The van der Waals surface area contributed by atoms with Gasteiger partial charge in [-0.15, -0.1) is 0 Å². The Balaban J connectivity index is 0. The molecule has 0 heterocycles. The monoisotopic (exact) mass is 448 g/mol. The van der Waals surface area contributed by atoms with Crippen LogP contribution in [0.1, 0.15) is 104 Å². The Hall–Kier alpha value is -0.384. The van der Waals surface area contributed by atoms with Crippen LogP contribution in [0.15, 0.2) is 0 Å². The van der Waals surface area contributed by atoms with Crippen LogP contribution in [0.5, 0.6) is 0 Å². The van der Waals surface area contributed by atoms with Gasteiger partial charge in [0.05, 0.1) is 13.0 Å². The summed E-state index contributed by atoms with van der Waals surface area (Å²) in [5.74, 6) is -2.61. The Morgan fingerprint density at radius 1 is 0.828 bits per heavy atom. The summed E-state index contributed by atoms with van der Waals surface area (Å²) in [4.78, 5) is 23.8. The van der Waals surface area contributed by atoms with Crippen molar-refractivity contribution in [2.24, 2.45) is 0 Å². The van der Waals surface area contributed by atoms with Crippen molar-refractivity contribution in [1.29, 1.82) is 0 Å². The molecule has 170 valence electrons. The first-order valence-corrected chi connectivity index (χ1v) is 12.0. The molecular formula is C20H40MgO7S. The highest BCUT2D eigenvalue weighted by atomic mass is 32.2. The Kier molecular flexibility index (Phi) is 18.4. The number of rotatable bonds is 18. The zero-order chi connectivity index (χ0) is 21.5. The molecule has 7 nitrogen and oxygen atoms in total. The lowest BCUT2D eigenvalue weighted by atomic mass is 9.96. The molecule has 0 aliphatic heterocycles. The van der Waals surface area contributed by atoms with Gasteiger partial charge >= 0.3 is 35.0 Å². The first-order chi connectivity index (χ1) is 13.2. The molecule has 0 aromatic carbocycles. The lowest BCUT2D eigenvalue weighted by Gasteiger charge is -2.27.